The second-order valence-electron chi connectivity index (χ2n) is 5.14. The summed E-state index contributed by atoms with van der Waals surface area (Å²) in [6.45, 7) is 4.06. The summed E-state index contributed by atoms with van der Waals surface area (Å²) in [7, 11) is 0. The van der Waals surface area contributed by atoms with E-state index in [9.17, 15) is 9.90 Å². The van der Waals surface area contributed by atoms with Crippen LogP contribution in [0.1, 0.15) is 46.0 Å². The van der Waals surface area contributed by atoms with E-state index in [0.29, 0.717) is 12.3 Å². The van der Waals surface area contributed by atoms with Crippen LogP contribution in [0.5, 0.6) is 0 Å². The Labute approximate surface area is 97.6 Å². The van der Waals surface area contributed by atoms with Crippen molar-refractivity contribution >= 4 is 5.91 Å². The molecule has 4 nitrogen and oxygen atoms in total. The zero-order valence-electron chi connectivity index (χ0n) is 10.3. The molecule has 0 bridgehead atoms. The number of hydrogen-bond acceptors (Lipinski definition) is 3. The molecule has 2 unspecified atom stereocenters. The van der Waals surface area contributed by atoms with Gasteiger partial charge in [-0.1, -0.05) is 26.7 Å². The number of nitrogens with two attached hydrogens (primary N) is 1. The van der Waals surface area contributed by atoms with Crippen molar-refractivity contribution in [2.75, 3.05) is 6.61 Å². The van der Waals surface area contributed by atoms with Gasteiger partial charge in [-0.05, 0) is 25.2 Å². The molecule has 0 aliphatic heterocycles. The van der Waals surface area contributed by atoms with E-state index in [-0.39, 0.29) is 12.5 Å². The minimum absolute atomic E-state index is 0.0134. The first-order valence-electron chi connectivity index (χ1n) is 6.21. The van der Waals surface area contributed by atoms with E-state index in [1.54, 1.807) is 0 Å². The lowest BCUT2D eigenvalue weighted by Gasteiger charge is -2.39. The SMILES string of the molecule is CC[C@H](N)C(=O)NC1(CO)CCCC(C)C1. The zero-order chi connectivity index (χ0) is 12.2. The maximum atomic E-state index is 11.8. The molecule has 3 atom stereocenters. The maximum Gasteiger partial charge on any atom is 0.237 e. The van der Waals surface area contributed by atoms with E-state index in [4.69, 9.17) is 5.73 Å². The van der Waals surface area contributed by atoms with Gasteiger partial charge in [-0.25, -0.2) is 0 Å². The summed E-state index contributed by atoms with van der Waals surface area (Å²) in [6, 6.07) is -0.458. The highest BCUT2D eigenvalue weighted by atomic mass is 16.3. The van der Waals surface area contributed by atoms with Crippen LogP contribution in [0, 0.1) is 5.92 Å². The first-order valence-corrected chi connectivity index (χ1v) is 6.21. The molecule has 0 saturated heterocycles. The number of amides is 1. The Balaban J connectivity index is 2.62. The van der Waals surface area contributed by atoms with Crippen LogP contribution in [0.2, 0.25) is 0 Å². The Morgan fingerprint density at radius 3 is 2.88 bits per heavy atom. The fourth-order valence-corrected chi connectivity index (χ4v) is 2.50. The van der Waals surface area contributed by atoms with Gasteiger partial charge in [0, 0.05) is 0 Å². The van der Waals surface area contributed by atoms with E-state index in [1.807, 2.05) is 6.92 Å². The number of aliphatic hydroxyl groups excluding tert-OH is 1. The van der Waals surface area contributed by atoms with E-state index < -0.39 is 11.6 Å². The number of carbonyl (C=O) groups excluding carboxylic acids is 1. The Morgan fingerprint density at radius 2 is 2.38 bits per heavy atom. The second-order valence-corrected chi connectivity index (χ2v) is 5.14. The predicted molar refractivity (Wildman–Crippen MR) is 63.9 cm³/mol. The van der Waals surface area contributed by atoms with E-state index in [1.165, 1.54) is 6.42 Å². The standard InChI is InChI=1S/C12H24N2O2/c1-3-10(13)11(16)14-12(8-15)6-4-5-9(2)7-12/h9-10,15H,3-8,13H2,1-2H3,(H,14,16)/t9?,10-,12?/m0/s1. The van der Waals surface area contributed by atoms with Gasteiger partial charge >= 0.3 is 0 Å². The second kappa shape index (κ2) is 5.64. The number of carbonyl (C=O) groups is 1. The molecule has 4 heteroatoms. The monoisotopic (exact) mass is 228 g/mol. The molecule has 1 aliphatic rings. The fraction of sp³-hybridized carbons (Fsp3) is 0.917. The minimum Gasteiger partial charge on any atom is -0.394 e. The van der Waals surface area contributed by atoms with E-state index in [0.717, 1.165) is 19.3 Å². The quantitative estimate of drug-likeness (QED) is 0.665. The zero-order valence-corrected chi connectivity index (χ0v) is 10.3. The van der Waals surface area contributed by atoms with Crippen LogP contribution in [0.25, 0.3) is 0 Å². The molecular formula is C12H24N2O2. The third kappa shape index (κ3) is 3.19. The Morgan fingerprint density at radius 1 is 1.69 bits per heavy atom. The van der Waals surface area contributed by atoms with Gasteiger partial charge in [0.25, 0.3) is 0 Å². The maximum absolute atomic E-state index is 11.8. The summed E-state index contributed by atoms with van der Waals surface area (Å²) in [4.78, 5) is 11.8. The topological polar surface area (TPSA) is 75.4 Å². The molecule has 1 aliphatic carbocycles. The molecule has 0 heterocycles. The molecule has 0 aromatic rings. The highest BCUT2D eigenvalue weighted by molar-refractivity contribution is 5.82. The van der Waals surface area contributed by atoms with Crippen molar-refractivity contribution in [1.29, 1.82) is 0 Å². The van der Waals surface area contributed by atoms with Gasteiger partial charge in [0.15, 0.2) is 0 Å². The molecule has 1 fully saturated rings. The van der Waals surface area contributed by atoms with Crippen molar-refractivity contribution in [3.05, 3.63) is 0 Å². The van der Waals surface area contributed by atoms with Crippen molar-refractivity contribution in [3.8, 4) is 0 Å². The summed E-state index contributed by atoms with van der Waals surface area (Å²) in [5.41, 5.74) is 5.26. The highest BCUT2D eigenvalue weighted by Gasteiger charge is 2.36. The molecule has 0 radical (unpaired) electrons. The third-order valence-electron chi connectivity index (χ3n) is 3.56. The van der Waals surface area contributed by atoms with Crippen molar-refractivity contribution in [3.63, 3.8) is 0 Å². The minimum atomic E-state index is -0.458. The molecule has 0 spiro atoms. The van der Waals surface area contributed by atoms with Crippen LogP contribution in [-0.2, 0) is 4.79 Å². The molecule has 94 valence electrons. The normalized spacial score (nSPS) is 32.1. The summed E-state index contributed by atoms with van der Waals surface area (Å²) in [5.74, 6) is 0.421. The van der Waals surface area contributed by atoms with Crippen LogP contribution >= 0.6 is 0 Å². The van der Waals surface area contributed by atoms with Crippen molar-refractivity contribution in [2.45, 2.75) is 57.5 Å². The molecular weight excluding hydrogens is 204 g/mol. The lowest BCUT2D eigenvalue weighted by molar-refractivity contribution is -0.125. The van der Waals surface area contributed by atoms with Crippen LogP contribution in [0.15, 0.2) is 0 Å². The van der Waals surface area contributed by atoms with Crippen molar-refractivity contribution in [1.82, 2.24) is 5.32 Å². The van der Waals surface area contributed by atoms with Gasteiger partial charge in [0.1, 0.15) is 0 Å². The van der Waals surface area contributed by atoms with Crippen molar-refractivity contribution in [2.24, 2.45) is 11.7 Å². The summed E-state index contributed by atoms with van der Waals surface area (Å²) >= 11 is 0. The largest absolute Gasteiger partial charge is 0.394 e. The van der Waals surface area contributed by atoms with Gasteiger partial charge in [0.05, 0.1) is 18.2 Å². The van der Waals surface area contributed by atoms with Gasteiger partial charge in [0.2, 0.25) is 5.91 Å². The fourth-order valence-electron chi connectivity index (χ4n) is 2.50. The van der Waals surface area contributed by atoms with E-state index >= 15 is 0 Å². The summed E-state index contributed by atoms with van der Waals surface area (Å²) in [5, 5.41) is 12.5. The average Bonchev–Trinajstić information content (AvgIpc) is 2.27. The molecule has 4 N–H and O–H groups in total. The Bertz CT molecular complexity index is 245. The molecule has 1 rings (SSSR count). The number of hydrogen-bond donors (Lipinski definition) is 3. The Hall–Kier alpha value is -0.610. The first-order chi connectivity index (χ1) is 7.53. The predicted octanol–water partition coefficient (Wildman–Crippen LogP) is 0.781. The summed E-state index contributed by atoms with van der Waals surface area (Å²) < 4.78 is 0. The highest BCUT2D eigenvalue weighted by Crippen LogP contribution is 2.31. The molecule has 0 aromatic heterocycles. The van der Waals surface area contributed by atoms with Gasteiger partial charge < -0.3 is 16.2 Å². The molecule has 1 amide bonds. The smallest absolute Gasteiger partial charge is 0.237 e. The number of nitrogens with one attached hydrogen (secondary N) is 1. The van der Waals surface area contributed by atoms with E-state index in [2.05, 4.69) is 12.2 Å². The lowest BCUT2D eigenvalue weighted by Crippen LogP contribution is -2.57. The molecule has 16 heavy (non-hydrogen) atoms. The van der Waals surface area contributed by atoms with Crippen LogP contribution < -0.4 is 11.1 Å². The number of aliphatic hydroxyl groups is 1. The van der Waals surface area contributed by atoms with Gasteiger partial charge in [-0.3, -0.25) is 4.79 Å². The Kier molecular flexibility index (Phi) is 4.74. The van der Waals surface area contributed by atoms with Gasteiger partial charge in [-0.15, -0.1) is 0 Å². The van der Waals surface area contributed by atoms with Gasteiger partial charge in [-0.2, -0.15) is 0 Å². The average molecular weight is 228 g/mol. The number of rotatable bonds is 4. The third-order valence-corrected chi connectivity index (χ3v) is 3.56. The van der Waals surface area contributed by atoms with Crippen LogP contribution in [0.4, 0.5) is 0 Å². The summed E-state index contributed by atoms with van der Waals surface area (Å²) in [6.07, 6.45) is 4.57. The van der Waals surface area contributed by atoms with Crippen LogP contribution in [-0.4, -0.2) is 29.2 Å². The first kappa shape index (κ1) is 13.5. The van der Waals surface area contributed by atoms with Crippen molar-refractivity contribution < 1.29 is 9.90 Å². The molecule has 0 aromatic carbocycles. The molecule has 1 saturated carbocycles. The van der Waals surface area contributed by atoms with Crippen LogP contribution in [0.3, 0.4) is 0 Å². The lowest BCUT2D eigenvalue weighted by atomic mass is 9.76.